The molecule has 0 atom stereocenters. The predicted octanol–water partition coefficient (Wildman–Crippen LogP) is 3.05. The Kier molecular flexibility index (Phi) is 5.21. The molecule has 3 heteroatoms. The topological polar surface area (TPSA) is 9.23 Å². The van der Waals surface area contributed by atoms with Crippen molar-refractivity contribution in [3.8, 4) is 0 Å². The van der Waals surface area contributed by atoms with Crippen molar-refractivity contribution in [2.45, 2.75) is 12.7 Å². The van der Waals surface area contributed by atoms with Gasteiger partial charge >= 0.3 is 0 Å². The number of hydrogen-bond donors (Lipinski definition) is 0. The monoisotopic (exact) mass is 218 g/mol. The molecule has 0 unspecified atom stereocenters. The zero-order chi connectivity index (χ0) is 9.52. The number of hydrogen-bond acceptors (Lipinski definition) is 1. The summed E-state index contributed by atoms with van der Waals surface area (Å²) in [5.74, 6) is 0.882. The van der Waals surface area contributed by atoms with Crippen LogP contribution in [0.15, 0.2) is 30.3 Å². The molecule has 1 nitrogen and oxygen atoms in total. The van der Waals surface area contributed by atoms with Crippen LogP contribution in [0, 0.1) is 0 Å². The Hall–Kier alpha value is -0.240. The van der Waals surface area contributed by atoms with Crippen molar-refractivity contribution in [1.29, 1.82) is 0 Å². The highest BCUT2D eigenvalue weighted by Gasteiger charge is 2.05. The molecule has 0 aliphatic rings. The highest BCUT2D eigenvalue weighted by Crippen LogP contribution is 2.05. The maximum atomic E-state index is 5.62. The van der Waals surface area contributed by atoms with E-state index in [2.05, 4.69) is 0 Å². The second-order valence-electron chi connectivity index (χ2n) is 2.73. The largest absolute Gasteiger partial charge is 0.371 e. The van der Waals surface area contributed by atoms with Crippen molar-refractivity contribution >= 4 is 23.2 Å². The minimum absolute atomic E-state index is 0.0523. The Labute approximate surface area is 88.6 Å². The molecule has 72 valence electrons. The molecule has 0 spiro atoms. The van der Waals surface area contributed by atoms with Gasteiger partial charge in [0, 0.05) is 11.8 Å². The van der Waals surface area contributed by atoms with Crippen LogP contribution in [0.2, 0.25) is 0 Å². The van der Waals surface area contributed by atoms with Gasteiger partial charge in [0.1, 0.15) is 0 Å². The molecule has 0 heterocycles. The quantitative estimate of drug-likeness (QED) is 0.691. The van der Waals surface area contributed by atoms with Crippen LogP contribution < -0.4 is 0 Å². The zero-order valence-corrected chi connectivity index (χ0v) is 8.76. The Morgan fingerprint density at radius 2 is 1.69 bits per heavy atom. The van der Waals surface area contributed by atoms with E-state index in [1.807, 2.05) is 30.3 Å². The second kappa shape index (κ2) is 6.25. The van der Waals surface area contributed by atoms with E-state index < -0.39 is 0 Å². The predicted molar refractivity (Wildman–Crippen MR) is 56.5 cm³/mol. The van der Waals surface area contributed by atoms with Gasteiger partial charge in [-0.15, -0.1) is 23.2 Å². The average molecular weight is 219 g/mol. The molecule has 0 radical (unpaired) electrons. The summed E-state index contributed by atoms with van der Waals surface area (Å²) < 4.78 is 5.46. The molecule has 13 heavy (non-hydrogen) atoms. The summed E-state index contributed by atoms with van der Waals surface area (Å²) in [4.78, 5) is 0. The standard InChI is InChI=1S/C10H12Cl2O/c11-6-10(7-12)13-8-9-4-2-1-3-5-9/h1-5,10H,6-8H2. The number of halogens is 2. The van der Waals surface area contributed by atoms with Crippen LogP contribution in [0.3, 0.4) is 0 Å². The Bertz CT molecular complexity index is 222. The van der Waals surface area contributed by atoms with Gasteiger partial charge in [-0.3, -0.25) is 0 Å². The lowest BCUT2D eigenvalue weighted by Crippen LogP contribution is -2.16. The van der Waals surface area contributed by atoms with Gasteiger partial charge in [-0.1, -0.05) is 30.3 Å². The molecule has 0 saturated carbocycles. The second-order valence-corrected chi connectivity index (χ2v) is 3.34. The van der Waals surface area contributed by atoms with Gasteiger partial charge in [0.25, 0.3) is 0 Å². The molecule has 0 aliphatic heterocycles. The van der Waals surface area contributed by atoms with Gasteiger partial charge in [-0.2, -0.15) is 0 Å². The van der Waals surface area contributed by atoms with E-state index in [9.17, 15) is 0 Å². The molecule has 0 aliphatic carbocycles. The number of ether oxygens (including phenoxy) is 1. The SMILES string of the molecule is ClCC(CCl)OCc1ccccc1. The minimum Gasteiger partial charge on any atom is -0.371 e. The first-order valence-electron chi connectivity index (χ1n) is 4.14. The van der Waals surface area contributed by atoms with E-state index in [0.717, 1.165) is 5.56 Å². The summed E-state index contributed by atoms with van der Waals surface area (Å²) >= 11 is 11.2. The Morgan fingerprint density at radius 1 is 1.08 bits per heavy atom. The van der Waals surface area contributed by atoms with Crippen molar-refractivity contribution in [3.05, 3.63) is 35.9 Å². The molecule has 0 bridgehead atoms. The molecule has 1 rings (SSSR count). The Morgan fingerprint density at radius 3 is 2.23 bits per heavy atom. The van der Waals surface area contributed by atoms with E-state index in [1.165, 1.54) is 0 Å². The normalized spacial score (nSPS) is 10.7. The third kappa shape index (κ3) is 3.99. The van der Waals surface area contributed by atoms with Crippen molar-refractivity contribution < 1.29 is 4.74 Å². The van der Waals surface area contributed by atoms with E-state index in [4.69, 9.17) is 27.9 Å². The lowest BCUT2D eigenvalue weighted by molar-refractivity contribution is 0.0701. The molecule has 0 amide bonds. The fraction of sp³-hybridized carbons (Fsp3) is 0.400. The smallest absolute Gasteiger partial charge is 0.0849 e. The number of alkyl halides is 2. The molecular formula is C10H12Cl2O. The number of rotatable bonds is 5. The molecule has 1 aromatic rings. The van der Waals surface area contributed by atoms with Crippen molar-refractivity contribution in [3.63, 3.8) is 0 Å². The zero-order valence-electron chi connectivity index (χ0n) is 7.25. The molecule has 0 saturated heterocycles. The van der Waals surface area contributed by atoms with Gasteiger partial charge in [0.15, 0.2) is 0 Å². The van der Waals surface area contributed by atoms with Crippen LogP contribution in [0.1, 0.15) is 5.56 Å². The highest BCUT2D eigenvalue weighted by molar-refractivity contribution is 6.21. The first kappa shape index (κ1) is 10.8. The van der Waals surface area contributed by atoms with Crippen LogP contribution in [-0.4, -0.2) is 17.9 Å². The van der Waals surface area contributed by atoms with Gasteiger partial charge in [-0.25, -0.2) is 0 Å². The fourth-order valence-electron chi connectivity index (χ4n) is 0.919. The summed E-state index contributed by atoms with van der Waals surface area (Å²) in [6, 6.07) is 9.97. The number of benzene rings is 1. The van der Waals surface area contributed by atoms with Gasteiger partial charge in [0.05, 0.1) is 12.7 Å². The average Bonchev–Trinajstić information content (AvgIpc) is 2.21. The molecule has 1 aromatic carbocycles. The third-order valence-corrected chi connectivity index (χ3v) is 2.36. The third-order valence-electron chi connectivity index (χ3n) is 1.67. The fourth-order valence-corrected chi connectivity index (χ4v) is 1.43. The van der Waals surface area contributed by atoms with Crippen LogP contribution >= 0.6 is 23.2 Å². The van der Waals surface area contributed by atoms with Crippen LogP contribution in [0.4, 0.5) is 0 Å². The highest BCUT2D eigenvalue weighted by atomic mass is 35.5. The Balaban J connectivity index is 2.34. The van der Waals surface area contributed by atoms with Crippen LogP contribution in [0.25, 0.3) is 0 Å². The summed E-state index contributed by atoms with van der Waals surface area (Å²) in [5.41, 5.74) is 1.14. The van der Waals surface area contributed by atoms with Crippen LogP contribution in [-0.2, 0) is 11.3 Å². The van der Waals surface area contributed by atoms with E-state index in [1.54, 1.807) is 0 Å². The maximum Gasteiger partial charge on any atom is 0.0849 e. The molecular weight excluding hydrogens is 207 g/mol. The summed E-state index contributed by atoms with van der Waals surface area (Å²) in [5, 5.41) is 0. The summed E-state index contributed by atoms with van der Waals surface area (Å²) in [6.07, 6.45) is -0.0523. The summed E-state index contributed by atoms with van der Waals surface area (Å²) in [7, 11) is 0. The lowest BCUT2D eigenvalue weighted by Gasteiger charge is -2.11. The van der Waals surface area contributed by atoms with Crippen molar-refractivity contribution in [2.75, 3.05) is 11.8 Å². The van der Waals surface area contributed by atoms with Gasteiger partial charge in [0.2, 0.25) is 0 Å². The van der Waals surface area contributed by atoms with Gasteiger partial charge in [-0.05, 0) is 5.56 Å². The lowest BCUT2D eigenvalue weighted by atomic mass is 10.2. The first-order valence-corrected chi connectivity index (χ1v) is 5.21. The van der Waals surface area contributed by atoms with E-state index in [0.29, 0.717) is 18.4 Å². The van der Waals surface area contributed by atoms with Gasteiger partial charge < -0.3 is 4.74 Å². The van der Waals surface area contributed by atoms with Crippen molar-refractivity contribution in [1.82, 2.24) is 0 Å². The minimum atomic E-state index is -0.0523. The first-order chi connectivity index (χ1) is 6.36. The van der Waals surface area contributed by atoms with E-state index in [-0.39, 0.29) is 6.10 Å². The molecule has 0 aromatic heterocycles. The molecule has 0 N–H and O–H groups in total. The van der Waals surface area contributed by atoms with Crippen molar-refractivity contribution in [2.24, 2.45) is 0 Å². The summed E-state index contributed by atoms with van der Waals surface area (Å²) in [6.45, 7) is 0.574. The maximum absolute atomic E-state index is 5.62. The van der Waals surface area contributed by atoms with Crippen LogP contribution in [0.5, 0.6) is 0 Å². The molecule has 0 fully saturated rings. The van der Waals surface area contributed by atoms with E-state index >= 15 is 0 Å².